The minimum Gasteiger partial charge on any atom is -0.354 e. The third-order valence-electron chi connectivity index (χ3n) is 2.35. The van der Waals surface area contributed by atoms with Crippen LogP contribution in [0, 0.1) is 22.7 Å². The van der Waals surface area contributed by atoms with Gasteiger partial charge >= 0.3 is 0 Å². The fraction of sp³-hybridized carbons (Fsp3) is 0.0714. The second-order valence-corrected chi connectivity index (χ2v) is 4.55. The summed E-state index contributed by atoms with van der Waals surface area (Å²) in [5.41, 5.74) is 2.07. The number of hydrogen-bond donors (Lipinski definition) is 1. The highest BCUT2D eigenvalue weighted by atomic mass is 32.2. The van der Waals surface area contributed by atoms with Gasteiger partial charge in [-0.1, -0.05) is 30.0 Å². The van der Waals surface area contributed by atoms with E-state index < -0.39 is 0 Å². The standard InChI is InChI=1S/C14H10N4S/c15-7-9-19-14-12(10-16)13(6-8-17-14)18-11-4-2-1-3-5-11/h1-6,8H,9H2,(H,17,18). The van der Waals surface area contributed by atoms with Gasteiger partial charge in [-0.05, 0) is 18.2 Å². The largest absolute Gasteiger partial charge is 0.354 e. The summed E-state index contributed by atoms with van der Waals surface area (Å²) in [7, 11) is 0. The highest BCUT2D eigenvalue weighted by molar-refractivity contribution is 7.99. The monoisotopic (exact) mass is 266 g/mol. The van der Waals surface area contributed by atoms with Gasteiger partial charge in [0.25, 0.3) is 0 Å². The lowest BCUT2D eigenvalue weighted by atomic mass is 10.2. The molecule has 19 heavy (non-hydrogen) atoms. The molecule has 0 atom stereocenters. The van der Waals surface area contributed by atoms with Gasteiger partial charge in [-0.3, -0.25) is 0 Å². The van der Waals surface area contributed by atoms with Crippen LogP contribution in [0.2, 0.25) is 0 Å². The molecule has 0 aliphatic carbocycles. The van der Waals surface area contributed by atoms with E-state index in [1.807, 2.05) is 36.4 Å². The van der Waals surface area contributed by atoms with E-state index in [-0.39, 0.29) is 5.75 Å². The van der Waals surface area contributed by atoms with E-state index in [0.717, 1.165) is 5.69 Å². The molecule has 0 aliphatic rings. The fourth-order valence-corrected chi connectivity index (χ4v) is 2.18. The Kier molecular flexibility index (Phi) is 4.39. The number of anilines is 2. The molecular formula is C14H10N4S. The Hall–Kier alpha value is -2.50. The number of para-hydroxylation sites is 1. The summed E-state index contributed by atoms with van der Waals surface area (Å²) < 4.78 is 0. The predicted molar refractivity (Wildman–Crippen MR) is 75.0 cm³/mol. The molecule has 1 aromatic carbocycles. The smallest absolute Gasteiger partial charge is 0.117 e. The van der Waals surface area contributed by atoms with Crippen molar-refractivity contribution in [2.75, 3.05) is 11.1 Å². The van der Waals surface area contributed by atoms with Crippen LogP contribution in [-0.4, -0.2) is 10.7 Å². The summed E-state index contributed by atoms with van der Waals surface area (Å²) >= 11 is 1.26. The molecule has 1 aromatic heterocycles. The van der Waals surface area contributed by atoms with Crippen molar-refractivity contribution in [3.63, 3.8) is 0 Å². The molecule has 0 fully saturated rings. The second-order valence-electron chi connectivity index (χ2n) is 3.59. The number of pyridine rings is 1. The van der Waals surface area contributed by atoms with Gasteiger partial charge in [0, 0.05) is 11.9 Å². The molecule has 2 rings (SSSR count). The van der Waals surface area contributed by atoms with E-state index in [2.05, 4.69) is 16.4 Å². The van der Waals surface area contributed by atoms with Crippen molar-refractivity contribution in [3.05, 3.63) is 48.2 Å². The number of benzene rings is 1. The number of nitrogens with one attached hydrogen (secondary N) is 1. The Morgan fingerprint density at radius 3 is 2.63 bits per heavy atom. The van der Waals surface area contributed by atoms with Crippen molar-refractivity contribution in [2.45, 2.75) is 5.03 Å². The summed E-state index contributed by atoms with van der Waals surface area (Å²) in [6.45, 7) is 0. The average molecular weight is 266 g/mol. The van der Waals surface area contributed by atoms with Crippen LogP contribution < -0.4 is 5.32 Å². The SMILES string of the molecule is N#CCSc1nccc(Nc2ccccc2)c1C#N. The molecule has 0 amide bonds. The van der Waals surface area contributed by atoms with Crippen molar-refractivity contribution >= 4 is 23.1 Å². The summed E-state index contributed by atoms with van der Waals surface area (Å²) in [4.78, 5) is 4.14. The molecule has 0 bridgehead atoms. The number of hydrogen-bond acceptors (Lipinski definition) is 5. The topological polar surface area (TPSA) is 72.5 Å². The van der Waals surface area contributed by atoms with Gasteiger partial charge in [-0.25, -0.2) is 4.98 Å². The first kappa shape index (κ1) is 12.9. The maximum atomic E-state index is 9.25. The first-order valence-electron chi connectivity index (χ1n) is 5.56. The van der Waals surface area contributed by atoms with E-state index in [9.17, 15) is 5.26 Å². The second kappa shape index (κ2) is 6.44. The van der Waals surface area contributed by atoms with Crippen LogP contribution in [-0.2, 0) is 0 Å². The quantitative estimate of drug-likeness (QED) is 0.859. The van der Waals surface area contributed by atoms with Crippen LogP contribution in [0.15, 0.2) is 47.6 Å². The Balaban J connectivity index is 2.31. The van der Waals surface area contributed by atoms with E-state index >= 15 is 0 Å². The van der Waals surface area contributed by atoms with Crippen LogP contribution >= 0.6 is 11.8 Å². The van der Waals surface area contributed by atoms with E-state index in [1.165, 1.54) is 11.8 Å². The van der Waals surface area contributed by atoms with E-state index in [0.29, 0.717) is 16.3 Å². The molecule has 2 aromatic rings. The Morgan fingerprint density at radius 2 is 1.95 bits per heavy atom. The highest BCUT2D eigenvalue weighted by Crippen LogP contribution is 2.27. The van der Waals surface area contributed by atoms with Crippen LogP contribution in [0.4, 0.5) is 11.4 Å². The zero-order valence-corrected chi connectivity index (χ0v) is 10.8. The molecule has 0 spiro atoms. The molecule has 92 valence electrons. The number of aromatic nitrogens is 1. The van der Waals surface area contributed by atoms with Crippen LogP contribution in [0.3, 0.4) is 0 Å². The normalized spacial score (nSPS) is 9.37. The zero-order chi connectivity index (χ0) is 13.5. The first-order valence-corrected chi connectivity index (χ1v) is 6.54. The number of nitrogens with zero attached hydrogens (tertiary/aromatic N) is 3. The molecule has 0 aliphatic heterocycles. The van der Waals surface area contributed by atoms with Gasteiger partial charge in [0.2, 0.25) is 0 Å². The summed E-state index contributed by atoms with van der Waals surface area (Å²) in [5, 5.41) is 21.6. The van der Waals surface area contributed by atoms with Gasteiger partial charge in [-0.15, -0.1) is 0 Å². The molecule has 4 nitrogen and oxygen atoms in total. The summed E-state index contributed by atoms with van der Waals surface area (Å²) in [6.07, 6.45) is 1.63. The number of thioether (sulfide) groups is 1. The molecule has 5 heteroatoms. The van der Waals surface area contributed by atoms with Crippen LogP contribution in [0.5, 0.6) is 0 Å². The highest BCUT2D eigenvalue weighted by Gasteiger charge is 2.10. The molecule has 1 N–H and O–H groups in total. The molecule has 1 heterocycles. The van der Waals surface area contributed by atoms with Gasteiger partial charge in [0.15, 0.2) is 0 Å². The van der Waals surface area contributed by atoms with Gasteiger partial charge in [0.1, 0.15) is 16.7 Å². The fourth-order valence-electron chi connectivity index (χ4n) is 1.54. The lowest BCUT2D eigenvalue weighted by Gasteiger charge is -2.09. The Bertz CT molecular complexity index is 641. The van der Waals surface area contributed by atoms with Crippen LogP contribution in [0.25, 0.3) is 0 Å². The lowest BCUT2D eigenvalue weighted by molar-refractivity contribution is 1.11. The third-order valence-corrected chi connectivity index (χ3v) is 3.21. The number of nitriles is 2. The molecule has 0 saturated heterocycles. The van der Waals surface area contributed by atoms with Crippen molar-refractivity contribution in [1.29, 1.82) is 10.5 Å². The maximum Gasteiger partial charge on any atom is 0.117 e. The van der Waals surface area contributed by atoms with Crippen molar-refractivity contribution in [2.24, 2.45) is 0 Å². The third kappa shape index (κ3) is 3.25. The molecule has 0 saturated carbocycles. The van der Waals surface area contributed by atoms with Gasteiger partial charge < -0.3 is 5.32 Å². The lowest BCUT2D eigenvalue weighted by Crippen LogP contribution is -1.97. The van der Waals surface area contributed by atoms with Crippen molar-refractivity contribution in [1.82, 2.24) is 4.98 Å². The van der Waals surface area contributed by atoms with Crippen molar-refractivity contribution in [3.8, 4) is 12.1 Å². The molecule has 0 unspecified atom stereocenters. The first-order chi connectivity index (χ1) is 9.35. The molecular weight excluding hydrogens is 256 g/mol. The summed E-state index contributed by atoms with van der Waals surface area (Å²) in [6, 6.07) is 15.5. The maximum absolute atomic E-state index is 9.25. The van der Waals surface area contributed by atoms with E-state index in [1.54, 1.807) is 12.3 Å². The number of rotatable bonds is 4. The predicted octanol–water partition coefficient (Wildman–Crippen LogP) is 3.31. The minimum absolute atomic E-state index is 0.274. The van der Waals surface area contributed by atoms with Crippen molar-refractivity contribution < 1.29 is 0 Å². The molecule has 0 radical (unpaired) electrons. The summed E-state index contributed by atoms with van der Waals surface area (Å²) in [5.74, 6) is 0.274. The zero-order valence-electron chi connectivity index (χ0n) is 10.00. The van der Waals surface area contributed by atoms with Crippen LogP contribution in [0.1, 0.15) is 5.56 Å². The Morgan fingerprint density at radius 1 is 1.16 bits per heavy atom. The Labute approximate surface area is 115 Å². The van der Waals surface area contributed by atoms with Gasteiger partial charge in [0.05, 0.1) is 17.5 Å². The minimum atomic E-state index is 0.274. The van der Waals surface area contributed by atoms with E-state index in [4.69, 9.17) is 5.26 Å². The van der Waals surface area contributed by atoms with Gasteiger partial charge in [-0.2, -0.15) is 10.5 Å². The average Bonchev–Trinajstić information content (AvgIpc) is 2.46.